The number of carbonyl (C=O) groups is 1. The van der Waals surface area contributed by atoms with Crippen LogP contribution in [0.3, 0.4) is 0 Å². The molecule has 1 aliphatic carbocycles. The van der Waals surface area contributed by atoms with E-state index in [2.05, 4.69) is 35.3 Å². The van der Waals surface area contributed by atoms with Crippen molar-refractivity contribution in [3.8, 4) is 0 Å². The first kappa shape index (κ1) is 11.5. The van der Waals surface area contributed by atoms with E-state index >= 15 is 0 Å². The van der Waals surface area contributed by atoms with Gasteiger partial charge in [-0.15, -0.1) is 0 Å². The normalized spacial score (nSPS) is 35.7. The van der Waals surface area contributed by atoms with Crippen molar-refractivity contribution in [3.63, 3.8) is 0 Å². The molecule has 3 aliphatic rings. The lowest BCUT2D eigenvalue weighted by molar-refractivity contribution is -0.134. The van der Waals surface area contributed by atoms with Crippen LogP contribution in [0.4, 0.5) is 0 Å². The Morgan fingerprint density at radius 1 is 1.32 bits per heavy atom. The summed E-state index contributed by atoms with van der Waals surface area (Å²) in [4.78, 5) is 14.9. The first-order valence-electron chi connectivity index (χ1n) is 7.34. The Kier molecular flexibility index (Phi) is 2.46. The van der Waals surface area contributed by atoms with Gasteiger partial charge in [0, 0.05) is 25.7 Å². The highest BCUT2D eigenvalue weighted by Gasteiger charge is 2.46. The molecule has 3 heteroatoms. The molecule has 2 saturated heterocycles. The maximum atomic E-state index is 12.7. The van der Waals surface area contributed by atoms with Gasteiger partial charge in [-0.05, 0) is 36.3 Å². The van der Waals surface area contributed by atoms with Crippen LogP contribution in [0, 0.1) is 11.8 Å². The van der Waals surface area contributed by atoms with Crippen molar-refractivity contribution < 1.29 is 4.79 Å². The minimum Gasteiger partial charge on any atom is -0.339 e. The molecule has 2 aliphatic heterocycles. The second-order valence-corrected chi connectivity index (χ2v) is 6.27. The highest BCUT2D eigenvalue weighted by Crippen LogP contribution is 2.40. The average molecular weight is 256 g/mol. The van der Waals surface area contributed by atoms with E-state index in [1.54, 1.807) is 0 Å². The number of nitrogens with one attached hydrogen (secondary N) is 1. The molecular formula is C16H20N2O. The number of fused-ring (bicyclic) bond motifs is 2. The fraction of sp³-hybridized carbons (Fsp3) is 0.562. The largest absolute Gasteiger partial charge is 0.339 e. The van der Waals surface area contributed by atoms with Gasteiger partial charge in [0.05, 0.1) is 5.92 Å². The summed E-state index contributed by atoms with van der Waals surface area (Å²) in [6.07, 6.45) is 0.936. The molecule has 0 spiro atoms. The zero-order chi connectivity index (χ0) is 13.0. The Balaban J connectivity index is 1.54. The molecule has 3 nitrogen and oxygen atoms in total. The first-order chi connectivity index (χ1) is 9.25. The molecule has 1 amide bonds. The monoisotopic (exact) mass is 256 g/mol. The van der Waals surface area contributed by atoms with E-state index in [9.17, 15) is 4.79 Å². The van der Waals surface area contributed by atoms with E-state index in [4.69, 9.17) is 0 Å². The van der Waals surface area contributed by atoms with Crippen LogP contribution >= 0.6 is 0 Å². The van der Waals surface area contributed by atoms with E-state index in [1.165, 1.54) is 11.1 Å². The highest BCUT2D eigenvalue weighted by atomic mass is 16.2. The molecule has 4 atom stereocenters. The Labute approximate surface area is 114 Å². The summed E-state index contributed by atoms with van der Waals surface area (Å²) >= 11 is 0. The number of likely N-dealkylation sites (tertiary alicyclic amines) is 1. The predicted octanol–water partition coefficient (Wildman–Crippen LogP) is 1.39. The van der Waals surface area contributed by atoms with Crippen LogP contribution in [0.25, 0.3) is 0 Å². The van der Waals surface area contributed by atoms with Crippen LogP contribution in [0.5, 0.6) is 0 Å². The smallest absolute Gasteiger partial charge is 0.230 e. The standard InChI is InChI=1S/C16H20N2O/c1-10-15-8-17-7-12(15)9-18(10)16(19)14-6-11-4-2-3-5-13(11)14/h2-5,10,12,14-15,17H,6-9H2,1H3. The van der Waals surface area contributed by atoms with Crippen molar-refractivity contribution in [2.45, 2.75) is 25.3 Å². The van der Waals surface area contributed by atoms with Gasteiger partial charge in [-0.25, -0.2) is 0 Å². The van der Waals surface area contributed by atoms with Crippen molar-refractivity contribution in [1.82, 2.24) is 10.2 Å². The summed E-state index contributed by atoms with van der Waals surface area (Å²) in [7, 11) is 0. The SMILES string of the molecule is CC1C2CNCC2CN1C(=O)C1Cc2ccccc21. The summed E-state index contributed by atoms with van der Waals surface area (Å²) in [6.45, 7) is 5.34. The zero-order valence-electron chi connectivity index (χ0n) is 11.3. The molecule has 2 fully saturated rings. The van der Waals surface area contributed by atoms with Gasteiger partial charge in [0.1, 0.15) is 0 Å². The summed E-state index contributed by atoms with van der Waals surface area (Å²) < 4.78 is 0. The van der Waals surface area contributed by atoms with Crippen LogP contribution in [0.2, 0.25) is 0 Å². The van der Waals surface area contributed by atoms with Crippen LogP contribution in [0.1, 0.15) is 24.0 Å². The summed E-state index contributed by atoms with van der Waals surface area (Å²) in [6, 6.07) is 8.77. The molecular weight excluding hydrogens is 236 g/mol. The first-order valence-corrected chi connectivity index (χ1v) is 7.34. The third-order valence-corrected chi connectivity index (χ3v) is 5.37. The van der Waals surface area contributed by atoms with Crippen molar-refractivity contribution in [2.75, 3.05) is 19.6 Å². The van der Waals surface area contributed by atoms with Gasteiger partial charge >= 0.3 is 0 Å². The van der Waals surface area contributed by atoms with Crippen molar-refractivity contribution >= 4 is 5.91 Å². The predicted molar refractivity (Wildman–Crippen MR) is 73.9 cm³/mol. The van der Waals surface area contributed by atoms with Crippen LogP contribution in [-0.2, 0) is 11.2 Å². The van der Waals surface area contributed by atoms with E-state index in [-0.39, 0.29) is 5.92 Å². The topological polar surface area (TPSA) is 32.3 Å². The molecule has 0 aromatic heterocycles. The maximum absolute atomic E-state index is 12.7. The summed E-state index contributed by atoms with van der Waals surface area (Å²) in [5, 5.41) is 3.45. The van der Waals surface area contributed by atoms with E-state index in [0.717, 1.165) is 26.1 Å². The number of amides is 1. The van der Waals surface area contributed by atoms with Gasteiger partial charge in [0.2, 0.25) is 5.91 Å². The number of nitrogens with zero attached hydrogens (tertiary/aromatic N) is 1. The van der Waals surface area contributed by atoms with Crippen molar-refractivity contribution in [2.24, 2.45) is 11.8 Å². The third-order valence-electron chi connectivity index (χ3n) is 5.37. The zero-order valence-corrected chi connectivity index (χ0v) is 11.3. The second kappa shape index (κ2) is 4.07. The minimum absolute atomic E-state index is 0.130. The molecule has 100 valence electrons. The molecule has 19 heavy (non-hydrogen) atoms. The van der Waals surface area contributed by atoms with E-state index in [1.807, 2.05) is 6.07 Å². The second-order valence-electron chi connectivity index (χ2n) is 6.27. The van der Waals surface area contributed by atoms with Crippen LogP contribution < -0.4 is 5.32 Å². The lowest BCUT2D eigenvalue weighted by Crippen LogP contribution is -2.43. The molecule has 4 rings (SSSR count). The molecule has 0 saturated carbocycles. The molecule has 1 aromatic carbocycles. The third kappa shape index (κ3) is 1.57. The molecule has 1 aromatic rings. The molecule has 2 heterocycles. The van der Waals surface area contributed by atoms with Crippen molar-refractivity contribution in [1.29, 1.82) is 0 Å². The Morgan fingerprint density at radius 3 is 2.95 bits per heavy atom. The van der Waals surface area contributed by atoms with Gasteiger partial charge in [-0.2, -0.15) is 0 Å². The number of carbonyl (C=O) groups excluding carboxylic acids is 1. The average Bonchev–Trinajstić information content (AvgIpc) is 2.94. The Morgan fingerprint density at radius 2 is 2.16 bits per heavy atom. The Hall–Kier alpha value is -1.35. The van der Waals surface area contributed by atoms with E-state index in [0.29, 0.717) is 23.8 Å². The Bertz CT molecular complexity index is 527. The van der Waals surface area contributed by atoms with Crippen molar-refractivity contribution in [3.05, 3.63) is 35.4 Å². The van der Waals surface area contributed by atoms with Gasteiger partial charge in [-0.3, -0.25) is 4.79 Å². The lowest BCUT2D eigenvalue weighted by Gasteiger charge is -2.34. The maximum Gasteiger partial charge on any atom is 0.230 e. The molecule has 0 bridgehead atoms. The number of hydrogen-bond donors (Lipinski definition) is 1. The fourth-order valence-corrected chi connectivity index (χ4v) is 4.14. The number of hydrogen-bond acceptors (Lipinski definition) is 2. The quantitative estimate of drug-likeness (QED) is 0.823. The molecule has 4 unspecified atom stereocenters. The minimum atomic E-state index is 0.130. The van der Waals surface area contributed by atoms with Gasteiger partial charge in [0.25, 0.3) is 0 Å². The number of benzene rings is 1. The fourth-order valence-electron chi connectivity index (χ4n) is 4.14. The van der Waals surface area contributed by atoms with Crippen LogP contribution in [0.15, 0.2) is 24.3 Å². The highest BCUT2D eigenvalue weighted by molar-refractivity contribution is 5.87. The van der Waals surface area contributed by atoms with Crippen LogP contribution in [-0.4, -0.2) is 36.5 Å². The number of rotatable bonds is 1. The summed E-state index contributed by atoms with van der Waals surface area (Å²) in [5.41, 5.74) is 2.62. The molecule has 1 N–H and O–H groups in total. The molecule has 0 radical (unpaired) electrons. The lowest BCUT2D eigenvalue weighted by atomic mass is 9.76. The van der Waals surface area contributed by atoms with Gasteiger partial charge < -0.3 is 10.2 Å². The van der Waals surface area contributed by atoms with E-state index < -0.39 is 0 Å². The van der Waals surface area contributed by atoms with Gasteiger partial charge in [-0.1, -0.05) is 24.3 Å². The van der Waals surface area contributed by atoms with Gasteiger partial charge in [0.15, 0.2) is 0 Å². The summed E-state index contributed by atoms with van der Waals surface area (Å²) in [5.74, 6) is 1.83.